The fraction of sp³-hybridized carbons (Fsp3) is 0.314. The molecule has 1 aliphatic rings. The molecule has 6 rings (SSSR count). The molecule has 1 aliphatic heterocycles. The van der Waals surface area contributed by atoms with Crippen LogP contribution >= 0.6 is 11.3 Å². The highest BCUT2D eigenvalue weighted by Gasteiger charge is 2.29. The smallest absolute Gasteiger partial charge is 0.387 e. The Kier molecular flexibility index (Phi) is 10.6. The predicted octanol–water partition coefficient (Wildman–Crippen LogP) is 5.35. The number of carbonyl (C=O) groups is 1. The molecule has 4 heterocycles. The molecule has 0 spiro atoms. The molecule has 51 heavy (non-hydrogen) atoms. The van der Waals surface area contributed by atoms with Gasteiger partial charge in [-0.25, -0.2) is 9.97 Å². The van der Waals surface area contributed by atoms with E-state index in [2.05, 4.69) is 37.6 Å². The van der Waals surface area contributed by atoms with Gasteiger partial charge in [0.25, 0.3) is 0 Å². The fourth-order valence-electron chi connectivity index (χ4n) is 6.35. The lowest BCUT2D eigenvalue weighted by molar-refractivity contribution is -0.126. The number of aliphatic hydroxyl groups excluding tert-OH is 1. The average Bonchev–Trinajstić information content (AvgIpc) is 3.67. The molecule has 1 fully saturated rings. The molecule has 2 aromatic carbocycles. The van der Waals surface area contributed by atoms with Gasteiger partial charge < -0.3 is 20.3 Å². The van der Waals surface area contributed by atoms with Gasteiger partial charge in [-0.05, 0) is 66.8 Å². The van der Waals surface area contributed by atoms with Crippen LogP contribution in [0.15, 0.2) is 65.7 Å². The van der Waals surface area contributed by atoms with E-state index in [4.69, 9.17) is 23.5 Å². The minimum absolute atomic E-state index is 0.119. The van der Waals surface area contributed by atoms with Crippen LogP contribution in [0.2, 0.25) is 0 Å². The van der Waals surface area contributed by atoms with Gasteiger partial charge in [-0.2, -0.15) is 23.8 Å². The molecular formula is C35H31B3F3N7O2S. The van der Waals surface area contributed by atoms with Crippen molar-refractivity contribution >= 4 is 73.4 Å². The van der Waals surface area contributed by atoms with Crippen LogP contribution in [0, 0.1) is 18.3 Å². The van der Waals surface area contributed by atoms with E-state index in [1.165, 1.54) is 12.4 Å². The lowest BCUT2D eigenvalue weighted by atomic mass is 9.69. The number of nitriles is 1. The summed E-state index contributed by atoms with van der Waals surface area (Å²) in [5.74, 6) is -0.0767. The molecule has 1 saturated heterocycles. The first-order valence-corrected chi connectivity index (χ1v) is 17.0. The molecule has 16 heteroatoms. The number of hydrogen-bond donors (Lipinski definition) is 3. The summed E-state index contributed by atoms with van der Waals surface area (Å²) in [6.45, 7) is 4.53. The zero-order valence-corrected chi connectivity index (χ0v) is 28.5. The van der Waals surface area contributed by atoms with Crippen LogP contribution in [0.3, 0.4) is 0 Å². The number of alkyl halides is 3. The Labute approximate surface area is 300 Å². The number of anilines is 2. The van der Waals surface area contributed by atoms with Crippen molar-refractivity contribution in [2.75, 3.05) is 23.7 Å². The van der Waals surface area contributed by atoms with E-state index in [1.54, 1.807) is 24.3 Å². The summed E-state index contributed by atoms with van der Waals surface area (Å²) >= 11 is 1.04. The van der Waals surface area contributed by atoms with Crippen molar-refractivity contribution in [3.8, 4) is 6.07 Å². The van der Waals surface area contributed by atoms with E-state index in [-0.39, 0.29) is 28.3 Å². The summed E-state index contributed by atoms with van der Waals surface area (Å²) in [5, 5.41) is 28.4. The molecular weight excluding hydrogens is 672 g/mol. The van der Waals surface area contributed by atoms with Gasteiger partial charge in [-0.15, -0.1) is 11.3 Å². The topological polar surface area (TPSA) is 119 Å². The Bertz CT molecular complexity index is 2150. The Morgan fingerprint density at radius 2 is 1.82 bits per heavy atom. The number of carbonyl (C=O) groups excluding carboxylic acids is 1. The molecule has 1 atom stereocenters. The Hall–Kier alpha value is -4.58. The maximum Gasteiger partial charge on any atom is 0.393 e. The lowest BCUT2D eigenvalue weighted by Gasteiger charge is -2.33. The zero-order valence-electron chi connectivity index (χ0n) is 27.7. The highest BCUT2D eigenvalue weighted by molar-refractivity contribution is 7.18. The van der Waals surface area contributed by atoms with E-state index in [0.29, 0.717) is 33.0 Å². The number of nitrogens with zero attached hydrogens (tertiary/aromatic N) is 5. The van der Waals surface area contributed by atoms with Crippen molar-refractivity contribution in [2.45, 2.75) is 57.6 Å². The van der Waals surface area contributed by atoms with Crippen molar-refractivity contribution in [1.82, 2.24) is 19.4 Å². The molecule has 9 nitrogen and oxygen atoms in total. The second-order valence-electron chi connectivity index (χ2n) is 12.6. The summed E-state index contributed by atoms with van der Waals surface area (Å²) in [4.78, 5) is 23.7. The number of fused-ring (bicyclic) bond motifs is 2. The quantitative estimate of drug-likeness (QED) is 0.133. The number of aromatic nitrogens is 3. The highest BCUT2D eigenvalue weighted by Crippen LogP contribution is 2.34. The second kappa shape index (κ2) is 15.0. The Morgan fingerprint density at radius 1 is 1.10 bits per heavy atom. The van der Waals surface area contributed by atoms with Crippen LogP contribution in [-0.2, 0) is 24.3 Å². The highest BCUT2D eigenvalue weighted by atomic mass is 32.1. The van der Waals surface area contributed by atoms with Gasteiger partial charge >= 0.3 is 6.18 Å². The minimum Gasteiger partial charge on any atom is -0.387 e. The van der Waals surface area contributed by atoms with E-state index >= 15 is 0 Å². The molecule has 0 bridgehead atoms. The van der Waals surface area contributed by atoms with E-state index in [0.717, 1.165) is 65.8 Å². The Balaban J connectivity index is 1.09. The van der Waals surface area contributed by atoms with Crippen LogP contribution in [0.4, 0.5) is 24.7 Å². The van der Waals surface area contributed by atoms with Crippen LogP contribution < -0.4 is 10.6 Å². The number of nitrogens with one attached hydrogen (secondary N) is 2. The minimum atomic E-state index is -4.28. The maximum atomic E-state index is 13.0. The Morgan fingerprint density at radius 3 is 2.49 bits per heavy atom. The number of aryl methyl sites for hydroxylation is 1. The number of hydrogen-bond acceptors (Lipinski definition) is 8. The van der Waals surface area contributed by atoms with Gasteiger partial charge in [-0.1, -0.05) is 23.7 Å². The normalized spacial score (nSPS) is 14.7. The molecule has 6 radical (unpaired) electrons. The van der Waals surface area contributed by atoms with Gasteiger partial charge in [0.15, 0.2) is 0 Å². The van der Waals surface area contributed by atoms with Gasteiger partial charge in [0.2, 0.25) is 5.91 Å². The summed E-state index contributed by atoms with van der Waals surface area (Å²) in [6.07, 6.45) is -3.15. The number of amides is 1. The van der Waals surface area contributed by atoms with Crippen LogP contribution in [0.25, 0.3) is 21.1 Å². The average molecular weight is 703 g/mol. The predicted molar refractivity (Wildman–Crippen MR) is 195 cm³/mol. The fourth-order valence-corrected chi connectivity index (χ4v) is 7.38. The standard InChI is InChI=1S/C35H31B3F3N7O2S/c1-19-21(16-47-10-8-23(9-11-47)45-32-27-13-25(14-35(39,40)41)51-34(27)44-18-43-32)4-7-28-26(19)12-24(15-42)48(28)17-29(49)20-2-5-22(6-3-20)46-33(50)30(36)31(37)38/h2-7,12-13,18,23,29,49H,8-11,14,16-17H2,1H3,(H,46,50)(H,43,44,45). The molecule has 254 valence electrons. The van der Waals surface area contributed by atoms with Crippen LogP contribution in [-0.4, -0.2) is 79.3 Å². The number of rotatable bonds is 10. The lowest BCUT2D eigenvalue weighted by Crippen LogP contribution is -2.39. The third-order valence-electron chi connectivity index (χ3n) is 9.12. The van der Waals surface area contributed by atoms with Gasteiger partial charge in [0, 0.05) is 47.1 Å². The van der Waals surface area contributed by atoms with E-state index < -0.39 is 24.6 Å². The summed E-state index contributed by atoms with van der Waals surface area (Å²) in [7, 11) is 16.3. The van der Waals surface area contributed by atoms with Gasteiger partial charge in [-0.3, -0.25) is 9.69 Å². The SMILES string of the molecule is [B]C([B])=C([B])C(=O)Nc1ccc(C(O)Cn2c(C#N)cc3c(C)c(CN4CCC(Nc5ncnc6sc(CC(F)(F)F)cc56)CC4)ccc32)cc1. The molecule has 0 saturated carbocycles. The van der Waals surface area contributed by atoms with Crippen molar-refractivity contribution < 1.29 is 23.1 Å². The molecule has 5 aromatic rings. The first-order chi connectivity index (χ1) is 24.3. The monoisotopic (exact) mass is 703 g/mol. The van der Waals surface area contributed by atoms with Crippen molar-refractivity contribution in [2.24, 2.45) is 0 Å². The first-order valence-electron chi connectivity index (χ1n) is 16.2. The van der Waals surface area contributed by atoms with Crippen molar-refractivity contribution in [3.63, 3.8) is 0 Å². The van der Waals surface area contributed by atoms with Crippen molar-refractivity contribution in [1.29, 1.82) is 5.26 Å². The maximum absolute atomic E-state index is 13.0. The number of benzene rings is 2. The second-order valence-corrected chi connectivity index (χ2v) is 13.8. The summed E-state index contributed by atoms with van der Waals surface area (Å²) in [6, 6.07) is 16.4. The largest absolute Gasteiger partial charge is 0.393 e. The van der Waals surface area contributed by atoms with Gasteiger partial charge in [0.1, 0.15) is 36.6 Å². The van der Waals surface area contributed by atoms with Gasteiger partial charge in [0.05, 0.1) is 40.1 Å². The number of aliphatic hydroxyl groups is 1. The van der Waals surface area contributed by atoms with Crippen LogP contribution in [0.5, 0.6) is 0 Å². The van der Waals surface area contributed by atoms with E-state index in [1.807, 2.05) is 23.6 Å². The third kappa shape index (κ3) is 8.33. The molecule has 1 amide bonds. The number of halogens is 3. The number of thiophene rings is 1. The summed E-state index contributed by atoms with van der Waals surface area (Å²) < 4.78 is 40.7. The third-order valence-corrected chi connectivity index (χ3v) is 10.2. The van der Waals surface area contributed by atoms with Crippen molar-refractivity contribution in [3.05, 3.63) is 93.0 Å². The van der Waals surface area contributed by atoms with Crippen LogP contribution in [0.1, 0.15) is 46.2 Å². The molecule has 3 aromatic heterocycles. The molecule has 1 unspecified atom stereocenters. The number of piperidine rings is 1. The van der Waals surface area contributed by atoms with E-state index in [9.17, 15) is 28.3 Å². The first kappa shape index (κ1) is 36.2. The molecule has 3 N–H and O–H groups in total. The zero-order chi connectivity index (χ0) is 36.4. The molecule has 0 aliphatic carbocycles. The summed E-state index contributed by atoms with van der Waals surface area (Å²) in [5.41, 5.74) is 4.20. The number of likely N-dealkylation sites (tertiary alicyclic amines) is 1.